The van der Waals surface area contributed by atoms with E-state index in [0.29, 0.717) is 0 Å². The first kappa shape index (κ1) is 13.6. The minimum absolute atomic E-state index is 0.778. The number of benzene rings is 2. The molecule has 0 aliphatic carbocycles. The number of hydrogen-bond donors (Lipinski definition) is 1. The molecule has 0 fully saturated rings. The summed E-state index contributed by atoms with van der Waals surface area (Å²) in [5, 5.41) is 4.23. The summed E-state index contributed by atoms with van der Waals surface area (Å²) in [5.41, 5.74) is 3.57. The molecule has 3 heteroatoms. The molecule has 0 unspecified atom stereocenters. The molecule has 0 spiro atoms. The summed E-state index contributed by atoms with van der Waals surface area (Å²) in [6.07, 6.45) is 0. The van der Waals surface area contributed by atoms with Crippen molar-refractivity contribution in [1.82, 2.24) is 5.32 Å². The first-order chi connectivity index (χ1) is 8.66. The van der Waals surface area contributed by atoms with Gasteiger partial charge in [-0.1, -0.05) is 57.9 Å². The van der Waals surface area contributed by atoms with Crippen molar-refractivity contribution in [3.05, 3.63) is 68.7 Å². The van der Waals surface area contributed by atoms with E-state index >= 15 is 0 Å². The van der Waals surface area contributed by atoms with Crippen molar-refractivity contribution in [2.45, 2.75) is 20.0 Å². The van der Waals surface area contributed by atoms with Crippen molar-refractivity contribution in [2.24, 2.45) is 0 Å². The van der Waals surface area contributed by atoms with Crippen molar-refractivity contribution in [1.29, 1.82) is 0 Å². The Morgan fingerprint density at radius 1 is 1.06 bits per heavy atom. The summed E-state index contributed by atoms with van der Waals surface area (Å²) in [4.78, 5) is 0. The molecule has 1 nitrogen and oxygen atoms in total. The lowest BCUT2D eigenvalue weighted by Crippen LogP contribution is -2.13. The Kier molecular flexibility index (Phi) is 4.81. The van der Waals surface area contributed by atoms with Crippen LogP contribution in [0.4, 0.5) is 0 Å². The average Bonchev–Trinajstić information content (AvgIpc) is 2.34. The quantitative estimate of drug-likeness (QED) is 0.859. The van der Waals surface area contributed by atoms with Gasteiger partial charge in [0, 0.05) is 22.6 Å². The molecule has 2 rings (SSSR count). The van der Waals surface area contributed by atoms with E-state index in [9.17, 15) is 0 Å². The fourth-order valence-electron chi connectivity index (χ4n) is 1.77. The summed E-state index contributed by atoms with van der Waals surface area (Å²) in [5.74, 6) is 0. The predicted molar refractivity (Wildman–Crippen MR) is 80.9 cm³/mol. The summed E-state index contributed by atoms with van der Waals surface area (Å²) in [7, 11) is 0. The van der Waals surface area contributed by atoms with Crippen LogP contribution < -0.4 is 5.32 Å². The minimum Gasteiger partial charge on any atom is -0.309 e. The third kappa shape index (κ3) is 3.58. The van der Waals surface area contributed by atoms with E-state index in [4.69, 9.17) is 11.6 Å². The van der Waals surface area contributed by atoms with Gasteiger partial charge in [-0.2, -0.15) is 0 Å². The van der Waals surface area contributed by atoms with E-state index in [2.05, 4.69) is 45.5 Å². The molecule has 1 N–H and O–H groups in total. The Morgan fingerprint density at radius 2 is 1.78 bits per heavy atom. The van der Waals surface area contributed by atoms with Gasteiger partial charge in [0.2, 0.25) is 0 Å². The van der Waals surface area contributed by atoms with Crippen LogP contribution in [0, 0.1) is 6.92 Å². The number of nitrogens with one attached hydrogen (secondary N) is 1. The minimum atomic E-state index is 0.778. The zero-order valence-corrected chi connectivity index (χ0v) is 12.6. The lowest BCUT2D eigenvalue weighted by atomic mass is 10.1. The normalized spacial score (nSPS) is 10.6. The molecule has 0 bridgehead atoms. The maximum absolute atomic E-state index is 6.19. The van der Waals surface area contributed by atoms with E-state index in [1.807, 2.05) is 25.1 Å². The Labute approximate surface area is 121 Å². The highest BCUT2D eigenvalue weighted by atomic mass is 79.9. The molecule has 0 aliphatic rings. The first-order valence-electron chi connectivity index (χ1n) is 5.86. The van der Waals surface area contributed by atoms with Gasteiger partial charge in [0.25, 0.3) is 0 Å². The van der Waals surface area contributed by atoms with Gasteiger partial charge in [0.1, 0.15) is 0 Å². The summed E-state index contributed by atoms with van der Waals surface area (Å²) in [6, 6.07) is 14.4. The first-order valence-corrected chi connectivity index (χ1v) is 7.03. The Balaban J connectivity index is 1.95. The highest BCUT2D eigenvalue weighted by Crippen LogP contribution is 2.18. The van der Waals surface area contributed by atoms with Crippen LogP contribution in [0.15, 0.2) is 46.9 Å². The van der Waals surface area contributed by atoms with Gasteiger partial charge in [-0.15, -0.1) is 0 Å². The summed E-state index contributed by atoms with van der Waals surface area (Å²) in [6.45, 7) is 3.65. The second kappa shape index (κ2) is 6.37. The fourth-order valence-corrected chi connectivity index (χ4v) is 2.50. The second-order valence-electron chi connectivity index (χ2n) is 4.29. The van der Waals surface area contributed by atoms with Crippen LogP contribution in [0.25, 0.3) is 0 Å². The standard InChI is InChI=1S/C15H15BrClN/c1-11-6-7-13(15(17)8-11)10-18-9-12-4-2-3-5-14(12)16/h2-8,18H,9-10H2,1H3. The lowest BCUT2D eigenvalue weighted by Gasteiger charge is -2.08. The molecule has 0 radical (unpaired) electrons. The highest BCUT2D eigenvalue weighted by Gasteiger charge is 2.01. The zero-order valence-electron chi connectivity index (χ0n) is 10.2. The largest absolute Gasteiger partial charge is 0.309 e. The Hall–Kier alpha value is -0.830. The molecule has 0 amide bonds. The fraction of sp³-hybridized carbons (Fsp3) is 0.200. The van der Waals surface area contributed by atoms with E-state index in [0.717, 1.165) is 28.1 Å². The molecule has 0 saturated carbocycles. The molecule has 94 valence electrons. The lowest BCUT2D eigenvalue weighted by molar-refractivity contribution is 0.691. The molecule has 0 saturated heterocycles. The van der Waals surface area contributed by atoms with Gasteiger partial charge < -0.3 is 5.32 Å². The predicted octanol–water partition coefficient (Wildman–Crippen LogP) is 4.70. The van der Waals surface area contributed by atoms with E-state index < -0.39 is 0 Å². The number of hydrogen-bond acceptors (Lipinski definition) is 1. The molecule has 0 heterocycles. The van der Waals surface area contributed by atoms with Crippen LogP contribution in [0.2, 0.25) is 5.02 Å². The van der Waals surface area contributed by atoms with Gasteiger partial charge in [0.15, 0.2) is 0 Å². The molecule has 0 atom stereocenters. The highest BCUT2D eigenvalue weighted by molar-refractivity contribution is 9.10. The average molecular weight is 325 g/mol. The zero-order chi connectivity index (χ0) is 13.0. The van der Waals surface area contributed by atoms with Gasteiger partial charge in [-0.05, 0) is 35.7 Å². The van der Waals surface area contributed by atoms with E-state index in [1.54, 1.807) is 0 Å². The molecule has 0 aromatic heterocycles. The van der Waals surface area contributed by atoms with Gasteiger partial charge in [0.05, 0.1) is 0 Å². The Bertz CT molecular complexity index is 540. The summed E-state index contributed by atoms with van der Waals surface area (Å²) >= 11 is 9.73. The number of aryl methyl sites for hydroxylation is 1. The third-order valence-electron chi connectivity index (χ3n) is 2.80. The van der Waals surface area contributed by atoms with Crippen molar-refractivity contribution in [2.75, 3.05) is 0 Å². The molecular weight excluding hydrogens is 310 g/mol. The van der Waals surface area contributed by atoms with Crippen molar-refractivity contribution >= 4 is 27.5 Å². The van der Waals surface area contributed by atoms with Gasteiger partial charge >= 0.3 is 0 Å². The third-order valence-corrected chi connectivity index (χ3v) is 3.92. The van der Waals surface area contributed by atoms with Crippen LogP contribution in [-0.2, 0) is 13.1 Å². The monoisotopic (exact) mass is 323 g/mol. The number of halogens is 2. The van der Waals surface area contributed by atoms with Crippen molar-refractivity contribution < 1.29 is 0 Å². The van der Waals surface area contributed by atoms with Crippen LogP contribution in [0.1, 0.15) is 16.7 Å². The molecule has 2 aromatic carbocycles. The van der Waals surface area contributed by atoms with Crippen molar-refractivity contribution in [3.8, 4) is 0 Å². The smallest absolute Gasteiger partial charge is 0.0453 e. The van der Waals surface area contributed by atoms with E-state index in [-0.39, 0.29) is 0 Å². The molecule has 0 aliphatic heterocycles. The molecule has 18 heavy (non-hydrogen) atoms. The maximum Gasteiger partial charge on any atom is 0.0453 e. The summed E-state index contributed by atoms with van der Waals surface area (Å²) < 4.78 is 1.13. The molecule has 2 aromatic rings. The van der Waals surface area contributed by atoms with Gasteiger partial charge in [-0.3, -0.25) is 0 Å². The topological polar surface area (TPSA) is 12.0 Å². The van der Waals surface area contributed by atoms with Crippen LogP contribution in [0.5, 0.6) is 0 Å². The van der Waals surface area contributed by atoms with E-state index in [1.165, 1.54) is 11.1 Å². The van der Waals surface area contributed by atoms with Gasteiger partial charge in [-0.25, -0.2) is 0 Å². The van der Waals surface area contributed by atoms with Crippen molar-refractivity contribution in [3.63, 3.8) is 0 Å². The second-order valence-corrected chi connectivity index (χ2v) is 5.55. The number of rotatable bonds is 4. The van der Waals surface area contributed by atoms with Crippen LogP contribution >= 0.6 is 27.5 Å². The SMILES string of the molecule is Cc1ccc(CNCc2ccccc2Br)c(Cl)c1. The van der Waals surface area contributed by atoms with Crippen LogP contribution in [0.3, 0.4) is 0 Å². The maximum atomic E-state index is 6.19. The van der Waals surface area contributed by atoms with Crippen LogP contribution in [-0.4, -0.2) is 0 Å². The Morgan fingerprint density at radius 3 is 2.50 bits per heavy atom. The molecular formula is C15H15BrClN.